The first-order valence-corrected chi connectivity index (χ1v) is 7.30. The number of hydrogen-bond acceptors (Lipinski definition) is 5. The summed E-state index contributed by atoms with van der Waals surface area (Å²) in [5, 5.41) is 15.9. The largest absolute Gasteiger partial charge is 0.508 e. The first kappa shape index (κ1) is 15.5. The molecule has 0 saturated heterocycles. The second-order valence-corrected chi connectivity index (χ2v) is 5.14. The zero-order chi connectivity index (χ0) is 16.9. The summed E-state index contributed by atoms with van der Waals surface area (Å²) in [6, 6.07) is 15.5. The van der Waals surface area contributed by atoms with Crippen molar-refractivity contribution in [1.29, 1.82) is 0 Å². The number of hydrogen-bond donors (Lipinski definition) is 2. The molecule has 3 aromatic rings. The van der Waals surface area contributed by atoms with Gasteiger partial charge in [-0.1, -0.05) is 30.3 Å². The minimum Gasteiger partial charge on any atom is -0.508 e. The lowest BCUT2D eigenvalue weighted by atomic mass is 10.2. The van der Waals surface area contributed by atoms with Crippen LogP contribution in [0.4, 0.5) is 0 Å². The number of benzene rings is 2. The van der Waals surface area contributed by atoms with Gasteiger partial charge in [-0.15, -0.1) is 5.10 Å². The van der Waals surface area contributed by atoms with Crippen LogP contribution in [-0.4, -0.2) is 20.8 Å². The molecule has 0 radical (unpaired) electrons. The maximum Gasteiger partial charge on any atom is 0.437 e. The fraction of sp³-hybridized carbons (Fsp3) is 0.118. The molecule has 0 atom stereocenters. The molecule has 7 heteroatoms. The van der Waals surface area contributed by atoms with Gasteiger partial charge in [0.15, 0.2) is 0 Å². The van der Waals surface area contributed by atoms with Crippen LogP contribution in [0.3, 0.4) is 0 Å². The molecule has 0 bridgehead atoms. The van der Waals surface area contributed by atoms with Gasteiger partial charge in [0.2, 0.25) is 11.8 Å². The van der Waals surface area contributed by atoms with Crippen molar-refractivity contribution in [3.63, 3.8) is 0 Å². The smallest absolute Gasteiger partial charge is 0.437 e. The molecule has 0 saturated carbocycles. The van der Waals surface area contributed by atoms with Crippen molar-refractivity contribution in [2.75, 3.05) is 0 Å². The number of amides is 1. The lowest BCUT2D eigenvalue weighted by Gasteiger charge is -2.04. The number of aromatic hydroxyl groups is 1. The predicted octanol–water partition coefficient (Wildman–Crippen LogP) is 1.53. The van der Waals surface area contributed by atoms with Gasteiger partial charge in [-0.2, -0.15) is 4.68 Å². The molecular formula is C17H15N3O4. The molecule has 7 nitrogen and oxygen atoms in total. The summed E-state index contributed by atoms with van der Waals surface area (Å²) >= 11 is 0. The van der Waals surface area contributed by atoms with E-state index in [1.807, 2.05) is 6.07 Å². The molecule has 2 N–H and O–H groups in total. The van der Waals surface area contributed by atoms with E-state index in [1.165, 1.54) is 12.1 Å². The van der Waals surface area contributed by atoms with Crippen molar-refractivity contribution in [1.82, 2.24) is 15.1 Å². The summed E-state index contributed by atoms with van der Waals surface area (Å²) in [5.41, 5.74) is 1.50. The van der Waals surface area contributed by atoms with Crippen LogP contribution >= 0.6 is 0 Å². The molecule has 1 heterocycles. The highest BCUT2D eigenvalue weighted by Gasteiger charge is 2.12. The first-order chi connectivity index (χ1) is 11.6. The van der Waals surface area contributed by atoms with Gasteiger partial charge in [0.05, 0.1) is 0 Å². The van der Waals surface area contributed by atoms with Crippen LogP contribution in [0.25, 0.3) is 11.5 Å². The van der Waals surface area contributed by atoms with Crippen molar-refractivity contribution in [3.8, 4) is 17.2 Å². The van der Waals surface area contributed by atoms with E-state index in [9.17, 15) is 14.7 Å². The van der Waals surface area contributed by atoms with E-state index in [0.717, 1.165) is 10.2 Å². The van der Waals surface area contributed by atoms with Crippen LogP contribution in [0, 0.1) is 0 Å². The number of carbonyl (C=O) groups is 1. The molecule has 0 spiro atoms. The minimum absolute atomic E-state index is 0.160. The van der Waals surface area contributed by atoms with Gasteiger partial charge < -0.3 is 14.8 Å². The zero-order valence-electron chi connectivity index (χ0n) is 12.7. The molecule has 2 aromatic carbocycles. The molecule has 0 unspecified atom stereocenters. The highest BCUT2D eigenvalue weighted by molar-refractivity contribution is 5.75. The van der Waals surface area contributed by atoms with Gasteiger partial charge in [-0.3, -0.25) is 4.79 Å². The molecule has 0 aliphatic rings. The molecule has 0 fully saturated rings. The Morgan fingerprint density at radius 3 is 2.54 bits per heavy atom. The standard InChI is InChI=1S/C17H15N3O4/c21-14-8-6-12(7-9-14)10-18-15(22)11-20-17(23)24-16(19-20)13-4-2-1-3-5-13/h1-9,21H,10-11H2,(H,18,22). The molecule has 0 aliphatic heterocycles. The molecule has 122 valence electrons. The molecule has 24 heavy (non-hydrogen) atoms. The Labute approximate surface area is 137 Å². The van der Waals surface area contributed by atoms with Crippen molar-refractivity contribution in [3.05, 3.63) is 70.7 Å². The molecule has 0 aliphatic carbocycles. The molecule has 1 aromatic heterocycles. The van der Waals surface area contributed by atoms with Gasteiger partial charge >= 0.3 is 5.76 Å². The van der Waals surface area contributed by atoms with E-state index in [2.05, 4.69) is 10.4 Å². The number of nitrogens with one attached hydrogen (secondary N) is 1. The zero-order valence-corrected chi connectivity index (χ0v) is 12.7. The van der Waals surface area contributed by atoms with Crippen molar-refractivity contribution < 1.29 is 14.3 Å². The Morgan fingerprint density at radius 1 is 1.12 bits per heavy atom. The Balaban J connectivity index is 1.63. The monoisotopic (exact) mass is 325 g/mol. The highest BCUT2D eigenvalue weighted by Crippen LogP contribution is 2.13. The second-order valence-electron chi connectivity index (χ2n) is 5.14. The first-order valence-electron chi connectivity index (χ1n) is 7.30. The van der Waals surface area contributed by atoms with Gasteiger partial charge in [0, 0.05) is 12.1 Å². The number of rotatable bonds is 5. The topological polar surface area (TPSA) is 97.4 Å². The van der Waals surface area contributed by atoms with Crippen LogP contribution < -0.4 is 11.1 Å². The third kappa shape index (κ3) is 3.70. The van der Waals surface area contributed by atoms with Crippen molar-refractivity contribution >= 4 is 5.91 Å². The fourth-order valence-electron chi connectivity index (χ4n) is 2.11. The number of nitrogens with zero attached hydrogens (tertiary/aromatic N) is 2. The van der Waals surface area contributed by atoms with Crippen molar-refractivity contribution in [2.45, 2.75) is 13.1 Å². The van der Waals surface area contributed by atoms with Gasteiger partial charge in [-0.25, -0.2) is 4.79 Å². The highest BCUT2D eigenvalue weighted by atomic mass is 16.4. The summed E-state index contributed by atoms with van der Waals surface area (Å²) in [6.07, 6.45) is 0. The average Bonchev–Trinajstić information content (AvgIpc) is 2.96. The molecular weight excluding hydrogens is 310 g/mol. The summed E-state index contributed by atoms with van der Waals surface area (Å²) < 4.78 is 6.05. The average molecular weight is 325 g/mol. The third-order valence-corrected chi connectivity index (χ3v) is 3.35. The van der Waals surface area contributed by atoms with Crippen LogP contribution in [0.2, 0.25) is 0 Å². The van der Waals surface area contributed by atoms with E-state index in [4.69, 9.17) is 4.42 Å². The van der Waals surface area contributed by atoms with Gasteiger partial charge in [0.25, 0.3) is 0 Å². The quantitative estimate of drug-likeness (QED) is 0.741. The predicted molar refractivity (Wildman–Crippen MR) is 86.2 cm³/mol. The number of phenols is 1. The summed E-state index contributed by atoms with van der Waals surface area (Å²) in [5.74, 6) is -0.716. The van der Waals surface area contributed by atoms with E-state index in [1.54, 1.807) is 36.4 Å². The Hall–Kier alpha value is -3.35. The number of carbonyl (C=O) groups excluding carboxylic acids is 1. The number of phenolic OH excluding ortho intramolecular Hbond substituents is 1. The van der Waals surface area contributed by atoms with Gasteiger partial charge in [-0.05, 0) is 29.8 Å². The Bertz CT molecular complexity index is 882. The maximum atomic E-state index is 11.9. The fourth-order valence-corrected chi connectivity index (χ4v) is 2.11. The Kier molecular flexibility index (Phi) is 4.42. The van der Waals surface area contributed by atoms with Crippen LogP contribution in [-0.2, 0) is 17.9 Å². The summed E-state index contributed by atoms with van der Waals surface area (Å²) in [6.45, 7) is 0.0600. The van der Waals surface area contributed by atoms with E-state index >= 15 is 0 Å². The normalized spacial score (nSPS) is 10.5. The summed E-state index contributed by atoms with van der Waals surface area (Å²) in [7, 11) is 0. The van der Waals surface area contributed by atoms with Gasteiger partial charge in [0.1, 0.15) is 12.3 Å². The van der Waals surface area contributed by atoms with Crippen LogP contribution in [0.1, 0.15) is 5.56 Å². The van der Waals surface area contributed by atoms with E-state index < -0.39 is 5.76 Å². The summed E-state index contributed by atoms with van der Waals surface area (Å²) in [4.78, 5) is 23.7. The third-order valence-electron chi connectivity index (χ3n) is 3.35. The Morgan fingerprint density at radius 2 is 1.83 bits per heavy atom. The lowest BCUT2D eigenvalue weighted by molar-refractivity contribution is -0.122. The minimum atomic E-state index is -0.686. The second kappa shape index (κ2) is 6.82. The van der Waals surface area contributed by atoms with E-state index in [0.29, 0.717) is 5.56 Å². The SMILES string of the molecule is O=C(Cn1nc(-c2ccccc2)oc1=O)NCc1ccc(O)cc1. The maximum absolute atomic E-state index is 11.9. The molecule has 3 rings (SSSR count). The van der Waals surface area contributed by atoms with Crippen LogP contribution in [0.5, 0.6) is 5.75 Å². The van der Waals surface area contributed by atoms with Crippen molar-refractivity contribution in [2.24, 2.45) is 0 Å². The number of aromatic nitrogens is 2. The lowest BCUT2D eigenvalue weighted by Crippen LogP contribution is -2.31. The van der Waals surface area contributed by atoms with Crippen LogP contribution in [0.15, 0.2) is 63.8 Å². The van der Waals surface area contributed by atoms with E-state index in [-0.39, 0.29) is 30.6 Å². The molecule has 1 amide bonds.